The lowest BCUT2D eigenvalue weighted by atomic mass is 9.94. The van der Waals surface area contributed by atoms with Crippen molar-refractivity contribution < 1.29 is 19.0 Å². The van der Waals surface area contributed by atoms with Crippen LogP contribution in [0.25, 0.3) is 0 Å². The van der Waals surface area contributed by atoms with Crippen molar-refractivity contribution in [3.05, 3.63) is 70.1 Å². The number of amides is 1. The summed E-state index contributed by atoms with van der Waals surface area (Å²) >= 11 is 6.29. The molecule has 2 N–H and O–H groups in total. The fourth-order valence-corrected chi connectivity index (χ4v) is 4.27. The first kappa shape index (κ1) is 22.2. The molecular formula is C24H24ClN5O4. The van der Waals surface area contributed by atoms with E-state index in [1.165, 1.54) is 0 Å². The highest BCUT2D eigenvalue weighted by Gasteiger charge is 2.35. The van der Waals surface area contributed by atoms with Gasteiger partial charge >= 0.3 is 0 Å². The molecule has 1 amide bonds. The molecule has 176 valence electrons. The summed E-state index contributed by atoms with van der Waals surface area (Å²) in [4.78, 5) is 18.1. The zero-order valence-corrected chi connectivity index (χ0v) is 19.6. The van der Waals surface area contributed by atoms with Gasteiger partial charge in [0.25, 0.3) is 5.91 Å². The summed E-state index contributed by atoms with van der Waals surface area (Å²) in [7, 11) is 1.58. The number of rotatable bonds is 5. The summed E-state index contributed by atoms with van der Waals surface area (Å²) in [5.41, 5.74) is 2.47. The van der Waals surface area contributed by atoms with Crippen LogP contribution in [0.4, 0.5) is 11.6 Å². The normalized spacial score (nSPS) is 17.0. The van der Waals surface area contributed by atoms with E-state index in [9.17, 15) is 4.79 Å². The van der Waals surface area contributed by atoms with Crippen molar-refractivity contribution >= 4 is 29.1 Å². The maximum atomic E-state index is 13.6. The second kappa shape index (κ2) is 9.36. The number of benzene rings is 2. The first-order valence-electron chi connectivity index (χ1n) is 10.9. The number of nitrogens with zero attached hydrogens (tertiary/aromatic N) is 3. The molecule has 1 atom stereocenters. The van der Waals surface area contributed by atoms with Crippen molar-refractivity contribution in [1.29, 1.82) is 0 Å². The third-order valence-electron chi connectivity index (χ3n) is 5.62. The summed E-state index contributed by atoms with van der Waals surface area (Å²) in [5, 5.41) is 11.2. The molecule has 0 spiro atoms. The van der Waals surface area contributed by atoms with Crippen LogP contribution in [0.1, 0.15) is 30.8 Å². The third kappa shape index (κ3) is 4.20. The zero-order chi connectivity index (χ0) is 23.7. The Labute approximate surface area is 201 Å². The van der Waals surface area contributed by atoms with Gasteiger partial charge in [0, 0.05) is 19.2 Å². The predicted molar refractivity (Wildman–Crippen MR) is 127 cm³/mol. The van der Waals surface area contributed by atoms with Gasteiger partial charge in [-0.25, -0.2) is 4.68 Å². The summed E-state index contributed by atoms with van der Waals surface area (Å²) in [6.45, 7) is 3.24. The zero-order valence-electron chi connectivity index (χ0n) is 18.8. The minimum absolute atomic E-state index is 0.246. The molecule has 5 rings (SSSR count). The largest absolute Gasteiger partial charge is 0.490 e. The Balaban J connectivity index is 1.59. The Hall–Kier alpha value is -3.56. The minimum atomic E-state index is -0.561. The van der Waals surface area contributed by atoms with Gasteiger partial charge in [-0.05, 0) is 36.8 Å². The summed E-state index contributed by atoms with van der Waals surface area (Å²) in [6.07, 6.45) is 0.801. The average Bonchev–Trinajstić information content (AvgIpc) is 3.06. The van der Waals surface area contributed by atoms with Crippen molar-refractivity contribution in [2.24, 2.45) is 0 Å². The van der Waals surface area contributed by atoms with E-state index in [4.69, 9.17) is 25.8 Å². The number of anilines is 2. The van der Waals surface area contributed by atoms with Gasteiger partial charge in [0.2, 0.25) is 5.95 Å². The molecule has 3 heterocycles. The lowest BCUT2D eigenvalue weighted by molar-refractivity contribution is -0.113. The lowest BCUT2D eigenvalue weighted by Gasteiger charge is -2.29. The topological polar surface area (TPSA) is 99.5 Å². The number of para-hydroxylation sites is 1. The molecule has 0 aliphatic carbocycles. The molecule has 0 saturated heterocycles. The average molecular weight is 482 g/mol. The number of halogens is 1. The van der Waals surface area contributed by atoms with Crippen LogP contribution in [-0.4, -0.2) is 41.0 Å². The Morgan fingerprint density at radius 2 is 2.03 bits per heavy atom. The molecule has 10 heteroatoms. The van der Waals surface area contributed by atoms with Gasteiger partial charge in [-0.2, -0.15) is 10.1 Å². The number of hydrogen-bond acceptors (Lipinski definition) is 7. The van der Waals surface area contributed by atoms with Gasteiger partial charge in [0.05, 0.1) is 29.5 Å². The molecule has 3 aromatic rings. The van der Waals surface area contributed by atoms with Gasteiger partial charge in [-0.15, -0.1) is 0 Å². The van der Waals surface area contributed by atoms with Crippen molar-refractivity contribution in [3.8, 4) is 11.5 Å². The van der Waals surface area contributed by atoms with Crippen LogP contribution in [-0.2, 0) is 16.1 Å². The van der Waals surface area contributed by atoms with Crippen LogP contribution in [0.3, 0.4) is 0 Å². The minimum Gasteiger partial charge on any atom is -0.490 e. The molecule has 34 heavy (non-hydrogen) atoms. The molecular weight excluding hydrogens is 458 g/mol. The van der Waals surface area contributed by atoms with Crippen molar-refractivity contribution in [3.63, 3.8) is 0 Å². The van der Waals surface area contributed by atoms with Gasteiger partial charge < -0.3 is 24.8 Å². The highest BCUT2D eigenvalue weighted by molar-refractivity contribution is 6.33. The smallest absolute Gasteiger partial charge is 0.255 e. The predicted octanol–water partition coefficient (Wildman–Crippen LogP) is 4.17. The van der Waals surface area contributed by atoms with Crippen LogP contribution in [0, 0.1) is 0 Å². The van der Waals surface area contributed by atoms with Gasteiger partial charge in [-0.3, -0.25) is 4.79 Å². The molecule has 0 radical (unpaired) electrons. The molecule has 1 aromatic heterocycles. The molecule has 0 saturated carbocycles. The number of allylic oxidation sites excluding steroid dienone is 1. The second-order valence-corrected chi connectivity index (χ2v) is 8.39. The number of carbonyl (C=O) groups excluding carboxylic acids is 1. The number of ether oxygens (including phenoxy) is 3. The number of fused-ring (bicyclic) bond motifs is 2. The fraction of sp³-hybridized carbons (Fsp3) is 0.292. The summed E-state index contributed by atoms with van der Waals surface area (Å²) in [6, 6.07) is 12.2. The number of hydrogen-bond donors (Lipinski definition) is 2. The SMILES string of the molecule is COCc1nc2n(n1)C(c1ccc3c(c1)OCCCO3)C(C(=O)Nc1ccccc1Cl)=C(C)N2. The number of nitrogens with one attached hydrogen (secondary N) is 2. The van der Waals surface area contributed by atoms with Crippen molar-refractivity contribution in [1.82, 2.24) is 14.8 Å². The Bertz CT molecular complexity index is 1270. The second-order valence-electron chi connectivity index (χ2n) is 7.99. The first-order valence-corrected chi connectivity index (χ1v) is 11.3. The molecule has 1 unspecified atom stereocenters. The number of aromatic nitrogens is 3. The van der Waals surface area contributed by atoms with E-state index in [0.29, 0.717) is 58.5 Å². The molecule has 0 bridgehead atoms. The maximum Gasteiger partial charge on any atom is 0.255 e. The van der Waals surface area contributed by atoms with Crippen molar-refractivity contribution in [2.45, 2.75) is 26.0 Å². The quantitative estimate of drug-likeness (QED) is 0.564. The van der Waals surface area contributed by atoms with Crippen molar-refractivity contribution in [2.75, 3.05) is 31.0 Å². The number of methoxy groups -OCH3 is 1. The fourth-order valence-electron chi connectivity index (χ4n) is 4.09. The first-order chi connectivity index (χ1) is 16.5. The Kier molecular flexibility index (Phi) is 6.12. The third-order valence-corrected chi connectivity index (χ3v) is 5.95. The van der Waals surface area contributed by atoms with Gasteiger partial charge in [-0.1, -0.05) is 29.8 Å². The maximum absolute atomic E-state index is 13.6. The van der Waals surface area contributed by atoms with Crippen LogP contribution in [0.2, 0.25) is 5.02 Å². The molecule has 9 nitrogen and oxygen atoms in total. The van der Waals surface area contributed by atoms with Gasteiger partial charge in [0.1, 0.15) is 12.6 Å². The molecule has 0 fully saturated rings. The Morgan fingerprint density at radius 3 is 2.82 bits per heavy atom. The monoisotopic (exact) mass is 481 g/mol. The molecule has 2 aliphatic rings. The van der Waals surface area contributed by atoms with E-state index in [2.05, 4.69) is 20.7 Å². The van der Waals surface area contributed by atoms with E-state index >= 15 is 0 Å². The highest BCUT2D eigenvalue weighted by atomic mass is 35.5. The summed E-state index contributed by atoms with van der Waals surface area (Å²) < 4.78 is 18.6. The van der Waals surface area contributed by atoms with Crippen LogP contribution in [0.15, 0.2) is 53.7 Å². The van der Waals surface area contributed by atoms with E-state index in [1.807, 2.05) is 37.3 Å². The van der Waals surface area contributed by atoms with E-state index in [-0.39, 0.29) is 12.5 Å². The molecule has 2 aliphatic heterocycles. The standard InChI is InChI=1S/C24H24ClN5O4/c1-14-21(23(31)27-17-7-4-3-6-16(17)25)22(30-24(26-14)28-20(29-30)13-32-2)15-8-9-18-19(12-15)34-11-5-10-33-18/h3-4,6-9,12,22H,5,10-11,13H2,1-2H3,(H,27,31)(H,26,28,29). The number of carbonyl (C=O) groups is 1. The van der Waals surface area contributed by atoms with Crippen LogP contribution < -0.4 is 20.1 Å². The molecule has 2 aromatic carbocycles. The van der Waals surface area contributed by atoms with Gasteiger partial charge in [0.15, 0.2) is 17.3 Å². The van der Waals surface area contributed by atoms with Crippen LogP contribution in [0.5, 0.6) is 11.5 Å². The van der Waals surface area contributed by atoms with E-state index < -0.39 is 6.04 Å². The Morgan fingerprint density at radius 1 is 1.24 bits per heavy atom. The van der Waals surface area contributed by atoms with Crippen LogP contribution >= 0.6 is 11.6 Å². The summed E-state index contributed by atoms with van der Waals surface area (Å²) in [5.74, 6) is 2.04. The van der Waals surface area contributed by atoms with E-state index in [1.54, 1.807) is 23.9 Å². The lowest BCUT2D eigenvalue weighted by Crippen LogP contribution is -2.31. The highest BCUT2D eigenvalue weighted by Crippen LogP contribution is 2.40. The van der Waals surface area contributed by atoms with E-state index in [0.717, 1.165) is 12.0 Å².